The van der Waals surface area contributed by atoms with Crippen LogP contribution < -0.4 is 4.74 Å². The van der Waals surface area contributed by atoms with Gasteiger partial charge in [-0.25, -0.2) is 9.69 Å². The molecule has 0 saturated carbocycles. The fraction of sp³-hybridized carbons (Fsp3) is 0.318. The minimum absolute atomic E-state index is 0.0191. The molecule has 150 valence electrons. The molecule has 2 heterocycles. The van der Waals surface area contributed by atoms with Crippen molar-refractivity contribution in [1.29, 1.82) is 0 Å². The summed E-state index contributed by atoms with van der Waals surface area (Å²) in [6, 6.07) is 17.5. The summed E-state index contributed by atoms with van der Waals surface area (Å²) in [5.41, 5.74) is 2.17. The predicted molar refractivity (Wildman–Crippen MR) is 104 cm³/mol. The second kappa shape index (κ2) is 8.34. The molecule has 2 fully saturated rings. The van der Waals surface area contributed by atoms with E-state index in [9.17, 15) is 14.4 Å². The lowest BCUT2D eigenvalue weighted by Crippen LogP contribution is -2.62. The molecule has 0 unspecified atom stereocenters. The zero-order valence-electron chi connectivity index (χ0n) is 16.0. The summed E-state index contributed by atoms with van der Waals surface area (Å²) in [6.45, 7) is 1.08. The van der Waals surface area contributed by atoms with Gasteiger partial charge in [-0.3, -0.25) is 9.59 Å². The Hall–Kier alpha value is -3.35. The minimum atomic E-state index is -0.610. The van der Waals surface area contributed by atoms with Crippen LogP contribution in [0, 0.1) is 0 Å². The molecule has 7 nitrogen and oxygen atoms in total. The number of carbonyl (C=O) groups is 3. The lowest BCUT2D eigenvalue weighted by Gasteiger charge is -2.42. The third-order valence-electron chi connectivity index (χ3n) is 5.16. The van der Waals surface area contributed by atoms with Crippen molar-refractivity contribution in [3.63, 3.8) is 0 Å². The van der Waals surface area contributed by atoms with E-state index >= 15 is 0 Å². The first-order valence-corrected chi connectivity index (χ1v) is 9.62. The molecule has 7 heteroatoms. The Bertz CT molecular complexity index is 875. The van der Waals surface area contributed by atoms with Gasteiger partial charge in [0.05, 0.1) is 6.04 Å². The Labute approximate surface area is 168 Å². The lowest BCUT2D eigenvalue weighted by atomic mass is 10.0. The molecular weight excluding hydrogens is 372 g/mol. The molecule has 0 aliphatic carbocycles. The summed E-state index contributed by atoms with van der Waals surface area (Å²) in [4.78, 5) is 38.3. The minimum Gasteiger partial charge on any atom is -0.489 e. The van der Waals surface area contributed by atoms with Crippen LogP contribution in [0.1, 0.15) is 17.5 Å². The van der Waals surface area contributed by atoms with Crippen LogP contribution in [0.25, 0.3) is 0 Å². The molecular formula is C22H22N2O5. The van der Waals surface area contributed by atoms with Gasteiger partial charge in [-0.1, -0.05) is 42.5 Å². The highest BCUT2D eigenvalue weighted by molar-refractivity contribution is 5.98. The topological polar surface area (TPSA) is 76.2 Å². The van der Waals surface area contributed by atoms with Crippen molar-refractivity contribution in [3.05, 3.63) is 65.7 Å². The highest BCUT2D eigenvalue weighted by Crippen LogP contribution is 2.21. The first kappa shape index (κ1) is 19.0. The van der Waals surface area contributed by atoms with E-state index in [2.05, 4.69) is 0 Å². The van der Waals surface area contributed by atoms with Crippen LogP contribution in [0.4, 0.5) is 4.79 Å². The monoisotopic (exact) mass is 394 g/mol. The molecule has 2 aromatic carbocycles. The lowest BCUT2D eigenvalue weighted by molar-refractivity contribution is -0.142. The largest absolute Gasteiger partial charge is 0.489 e. The average molecular weight is 394 g/mol. The van der Waals surface area contributed by atoms with E-state index in [1.807, 2.05) is 54.6 Å². The van der Waals surface area contributed by atoms with Gasteiger partial charge in [0.25, 0.3) is 5.91 Å². The molecule has 0 bridgehead atoms. The fourth-order valence-electron chi connectivity index (χ4n) is 3.44. The summed E-state index contributed by atoms with van der Waals surface area (Å²) < 4.78 is 10.5. The van der Waals surface area contributed by atoms with Gasteiger partial charge in [-0.15, -0.1) is 0 Å². The molecule has 0 radical (unpaired) electrons. The second-order valence-electron chi connectivity index (χ2n) is 7.19. The third kappa shape index (κ3) is 4.39. The molecule has 0 atom stereocenters. The zero-order chi connectivity index (χ0) is 20.2. The van der Waals surface area contributed by atoms with Crippen molar-refractivity contribution in [2.45, 2.75) is 25.5 Å². The van der Waals surface area contributed by atoms with Gasteiger partial charge in [0.1, 0.15) is 12.4 Å². The van der Waals surface area contributed by atoms with Crippen LogP contribution in [-0.4, -0.2) is 53.4 Å². The van der Waals surface area contributed by atoms with Crippen molar-refractivity contribution in [1.82, 2.24) is 9.80 Å². The molecule has 3 amide bonds. The number of hydrogen-bond acceptors (Lipinski definition) is 5. The third-order valence-corrected chi connectivity index (χ3v) is 5.16. The summed E-state index contributed by atoms with van der Waals surface area (Å²) in [7, 11) is 0. The number of rotatable bonds is 7. The van der Waals surface area contributed by atoms with Crippen molar-refractivity contribution in [2.75, 3.05) is 19.7 Å². The molecule has 29 heavy (non-hydrogen) atoms. The Kier molecular flexibility index (Phi) is 5.46. The van der Waals surface area contributed by atoms with Crippen LogP contribution in [0.5, 0.6) is 5.75 Å². The standard InChI is InChI=1S/C22H22N2O5/c25-20(23-12-18(13-23)24-21(26)15-29-22(24)27)11-8-16-6-9-19(10-7-16)28-14-17-4-2-1-3-5-17/h1-7,9-10,18H,8,11-15H2. The van der Waals surface area contributed by atoms with Gasteiger partial charge < -0.3 is 14.4 Å². The number of likely N-dealkylation sites (tertiary alicyclic amines) is 1. The van der Waals surface area contributed by atoms with Crippen LogP contribution in [0.3, 0.4) is 0 Å². The normalized spacial score (nSPS) is 16.6. The van der Waals surface area contributed by atoms with Crippen molar-refractivity contribution >= 4 is 17.9 Å². The van der Waals surface area contributed by atoms with E-state index in [-0.39, 0.29) is 24.5 Å². The maximum atomic E-state index is 12.3. The zero-order valence-corrected chi connectivity index (χ0v) is 16.0. The average Bonchev–Trinajstić information content (AvgIpc) is 3.04. The Morgan fingerprint density at radius 3 is 2.38 bits per heavy atom. The van der Waals surface area contributed by atoms with Gasteiger partial charge in [0, 0.05) is 19.5 Å². The van der Waals surface area contributed by atoms with Gasteiger partial charge in [-0.2, -0.15) is 0 Å². The maximum absolute atomic E-state index is 12.3. The smallest absolute Gasteiger partial charge is 0.417 e. The first-order chi connectivity index (χ1) is 14.1. The molecule has 0 spiro atoms. The Morgan fingerprint density at radius 2 is 1.72 bits per heavy atom. The van der Waals surface area contributed by atoms with Gasteiger partial charge in [-0.05, 0) is 29.7 Å². The summed E-state index contributed by atoms with van der Waals surface area (Å²) in [6.07, 6.45) is 0.403. The summed E-state index contributed by atoms with van der Waals surface area (Å²) >= 11 is 0. The van der Waals surface area contributed by atoms with Crippen LogP contribution in [0.2, 0.25) is 0 Å². The number of hydrogen-bond donors (Lipinski definition) is 0. The predicted octanol–water partition coefficient (Wildman–Crippen LogP) is 2.39. The summed E-state index contributed by atoms with van der Waals surface area (Å²) in [5, 5.41) is 0. The quantitative estimate of drug-likeness (QED) is 0.721. The van der Waals surface area contributed by atoms with E-state index in [0.717, 1.165) is 21.8 Å². The Morgan fingerprint density at radius 1 is 1.00 bits per heavy atom. The number of cyclic esters (lactones) is 1. The highest BCUT2D eigenvalue weighted by Gasteiger charge is 2.44. The van der Waals surface area contributed by atoms with E-state index in [1.165, 1.54) is 0 Å². The number of benzene rings is 2. The van der Waals surface area contributed by atoms with Gasteiger partial charge in [0.15, 0.2) is 6.61 Å². The molecule has 2 aliphatic rings. The van der Waals surface area contributed by atoms with Gasteiger partial charge in [0.2, 0.25) is 5.91 Å². The first-order valence-electron chi connectivity index (χ1n) is 9.62. The molecule has 0 N–H and O–H groups in total. The van der Waals surface area contributed by atoms with Crippen LogP contribution >= 0.6 is 0 Å². The molecule has 4 rings (SSSR count). The van der Waals surface area contributed by atoms with E-state index in [1.54, 1.807) is 4.90 Å². The molecule has 0 aromatic heterocycles. The number of ether oxygens (including phenoxy) is 2. The second-order valence-corrected chi connectivity index (χ2v) is 7.19. The molecule has 2 aromatic rings. The van der Waals surface area contributed by atoms with Crippen LogP contribution in [0.15, 0.2) is 54.6 Å². The van der Waals surface area contributed by atoms with E-state index in [0.29, 0.717) is 32.5 Å². The van der Waals surface area contributed by atoms with E-state index < -0.39 is 6.09 Å². The number of imide groups is 1. The van der Waals surface area contributed by atoms with E-state index in [4.69, 9.17) is 9.47 Å². The van der Waals surface area contributed by atoms with Crippen LogP contribution in [-0.2, 0) is 27.4 Å². The number of nitrogens with zero attached hydrogens (tertiary/aromatic N) is 2. The number of carbonyl (C=O) groups excluding carboxylic acids is 3. The fourth-order valence-corrected chi connectivity index (χ4v) is 3.44. The molecule has 2 aliphatic heterocycles. The molecule has 2 saturated heterocycles. The number of aryl methyl sites for hydroxylation is 1. The van der Waals surface area contributed by atoms with Gasteiger partial charge >= 0.3 is 6.09 Å². The van der Waals surface area contributed by atoms with Crippen molar-refractivity contribution < 1.29 is 23.9 Å². The van der Waals surface area contributed by atoms with Crippen molar-refractivity contribution in [3.8, 4) is 5.75 Å². The van der Waals surface area contributed by atoms with Crippen molar-refractivity contribution in [2.24, 2.45) is 0 Å². The Balaban J connectivity index is 1.20. The summed E-state index contributed by atoms with van der Waals surface area (Å²) in [5.74, 6) is 0.476. The SMILES string of the molecule is O=C(CCc1ccc(OCc2ccccc2)cc1)N1CC(N2C(=O)COC2=O)C1. The highest BCUT2D eigenvalue weighted by atomic mass is 16.6. The maximum Gasteiger partial charge on any atom is 0.417 e. The number of amides is 3.